The molecule has 0 aliphatic carbocycles. The fourth-order valence-corrected chi connectivity index (χ4v) is 0.800. The molecule has 0 bridgehead atoms. The quantitative estimate of drug-likeness (QED) is 0.509. The summed E-state index contributed by atoms with van der Waals surface area (Å²) in [6.07, 6.45) is 4.53. The zero-order chi connectivity index (χ0) is 7.11. The molecule has 0 amide bonds. The molecule has 1 nitrogen and oxygen atoms in total. The van der Waals surface area contributed by atoms with Gasteiger partial charge >= 0.3 is 0 Å². The Balaban J connectivity index is 3.23. The highest BCUT2D eigenvalue weighted by molar-refractivity contribution is 4.75. The summed E-state index contributed by atoms with van der Waals surface area (Å²) in [6.45, 7) is 11.0. The van der Waals surface area contributed by atoms with Gasteiger partial charge in [-0.1, -0.05) is 20.3 Å². The summed E-state index contributed by atoms with van der Waals surface area (Å²) in [6, 6.07) is 0.296. The van der Waals surface area contributed by atoms with E-state index in [1.807, 2.05) is 0 Å². The van der Waals surface area contributed by atoms with Crippen molar-refractivity contribution in [1.82, 2.24) is 0 Å². The average Bonchev–Trinajstić information content (AvgIpc) is 1.91. The van der Waals surface area contributed by atoms with Gasteiger partial charge < -0.3 is 4.85 Å². The van der Waals surface area contributed by atoms with E-state index in [2.05, 4.69) is 18.7 Å². The molecular formula is C8H15N. The molecule has 0 spiro atoms. The second kappa shape index (κ2) is 5.62. The van der Waals surface area contributed by atoms with Crippen molar-refractivity contribution >= 4 is 0 Å². The molecule has 52 valence electrons. The normalized spacial score (nSPS) is 12.6. The zero-order valence-corrected chi connectivity index (χ0v) is 6.35. The minimum Gasteiger partial charge on any atom is -0.314 e. The molecule has 1 heteroatoms. The Morgan fingerprint density at radius 2 is 2.11 bits per heavy atom. The van der Waals surface area contributed by atoms with Crippen molar-refractivity contribution in [3.8, 4) is 0 Å². The van der Waals surface area contributed by atoms with Crippen LogP contribution < -0.4 is 0 Å². The molecule has 0 aromatic heterocycles. The Morgan fingerprint density at radius 3 is 2.44 bits per heavy atom. The van der Waals surface area contributed by atoms with Crippen LogP contribution >= 0.6 is 0 Å². The lowest BCUT2D eigenvalue weighted by Crippen LogP contribution is -1.97. The zero-order valence-electron chi connectivity index (χ0n) is 6.35. The van der Waals surface area contributed by atoms with Crippen molar-refractivity contribution in [1.29, 1.82) is 0 Å². The molecule has 0 aromatic rings. The minimum atomic E-state index is 0.296. The first-order valence-electron chi connectivity index (χ1n) is 3.71. The predicted molar refractivity (Wildman–Crippen MR) is 40.2 cm³/mol. The summed E-state index contributed by atoms with van der Waals surface area (Å²) < 4.78 is 0. The molecule has 0 N–H and O–H groups in total. The maximum atomic E-state index is 6.76. The lowest BCUT2D eigenvalue weighted by molar-refractivity contribution is 0.620. The Bertz CT molecular complexity index is 91.2. The van der Waals surface area contributed by atoms with Crippen molar-refractivity contribution in [2.45, 2.75) is 45.6 Å². The average molecular weight is 125 g/mol. The van der Waals surface area contributed by atoms with Crippen LogP contribution in [0.2, 0.25) is 0 Å². The molecule has 0 fully saturated rings. The Hall–Kier alpha value is -0.510. The van der Waals surface area contributed by atoms with E-state index in [9.17, 15) is 0 Å². The van der Waals surface area contributed by atoms with Crippen LogP contribution in [0.25, 0.3) is 4.85 Å². The largest absolute Gasteiger partial charge is 0.314 e. The van der Waals surface area contributed by atoms with Crippen LogP contribution in [-0.4, -0.2) is 6.04 Å². The van der Waals surface area contributed by atoms with E-state index < -0.39 is 0 Å². The van der Waals surface area contributed by atoms with Gasteiger partial charge in [-0.2, -0.15) is 0 Å². The first-order chi connectivity index (χ1) is 4.35. The van der Waals surface area contributed by atoms with Gasteiger partial charge in [0.25, 0.3) is 0 Å². The van der Waals surface area contributed by atoms with E-state index in [0.717, 1.165) is 12.8 Å². The number of hydrogen-bond acceptors (Lipinski definition) is 0. The summed E-state index contributed by atoms with van der Waals surface area (Å²) in [7, 11) is 0. The number of hydrogen-bond donors (Lipinski definition) is 0. The first-order valence-corrected chi connectivity index (χ1v) is 3.71. The summed E-state index contributed by atoms with van der Waals surface area (Å²) >= 11 is 0. The van der Waals surface area contributed by atoms with Gasteiger partial charge in [0.2, 0.25) is 6.04 Å². The molecule has 0 saturated carbocycles. The SMILES string of the molecule is [C-]#[N+]C(CC)CCCC. The molecule has 0 radical (unpaired) electrons. The Labute approximate surface area is 57.9 Å². The smallest absolute Gasteiger partial charge is 0.223 e. The monoisotopic (exact) mass is 125 g/mol. The van der Waals surface area contributed by atoms with E-state index >= 15 is 0 Å². The van der Waals surface area contributed by atoms with Gasteiger partial charge in [-0.25, -0.2) is 6.57 Å². The van der Waals surface area contributed by atoms with E-state index in [4.69, 9.17) is 6.57 Å². The summed E-state index contributed by atoms with van der Waals surface area (Å²) in [5.74, 6) is 0. The number of nitrogens with zero attached hydrogens (tertiary/aromatic N) is 1. The molecule has 0 aromatic carbocycles. The predicted octanol–water partition coefficient (Wildman–Crippen LogP) is 2.87. The van der Waals surface area contributed by atoms with Gasteiger partial charge in [-0.3, -0.25) is 0 Å². The fourth-order valence-electron chi connectivity index (χ4n) is 0.800. The minimum absolute atomic E-state index is 0.296. The van der Waals surface area contributed by atoms with Crippen LogP contribution in [0.5, 0.6) is 0 Å². The molecule has 0 rings (SSSR count). The Morgan fingerprint density at radius 1 is 1.44 bits per heavy atom. The maximum Gasteiger partial charge on any atom is 0.223 e. The standard InChI is InChI=1S/C8H15N/c1-4-6-7-8(5-2)9-3/h8H,4-7H2,1-2H3. The van der Waals surface area contributed by atoms with Crippen molar-refractivity contribution in [2.75, 3.05) is 0 Å². The highest BCUT2D eigenvalue weighted by Gasteiger charge is 2.06. The molecule has 0 saturated heterocycles. The molecule has 0 heterocycles. The van der Waals surface area contributed by atoms with Crippen LogP contribution in [0.3, 0.4) is 0 Å². The lowest BCUT2D eigenvalue weighted by atomic mass is 10.1. The van der Waals surface area contributed by atoms with Crippen molar-refractivity contribution in [2.24, 2.45) is 0 Å². The summed E-state index contributed by atoms with van der Waals surface area (Å²) in [5, 5.41) is 0. The summed E-state index contributed by atoms with van der Waals surface area (Å²) in [4.78, 5) is 3.49. The molecule has 0 aliphatic rings. The lowest BCUT2D eigenvalue weighted by Gasteiger charge is -1.98. The van der Waals surface area contributed by atoms with Gasteiger partial charge in [0.15, 0.2) is 0 Å². The number of unbranched alkanes of at least 4 members (excludes halogenated alkanes) is 1. The van der Waals surface area contributed by atoms with Gasteiger partial charge in [0.05, 0.1) is 0 Å². The highest BCUT2D eigenvalue weighted by Crippen LogP contribution is 2.06. The van der Waals surface area contributed by atoms with Crippen LogP contribution in [0.15, 0.2) is 0 Å². The van der Waals surface area contributed by atoms with Crippen LogP contribution in [0.1, 0.15) is 39.5 Å². The third kappa shape index (κ3) is 4.02. The third-order valence-corrected chi connectivity index (χ3v) is 1.54. The molecule has 1 atom stereocenters. The Kier molecular flexibility index (Phi) is 5.30. The maximum absolute atomic E-state index is 6.76. The molecular weight excluding hydrogens is 110 g/mol. The van der Waals surface area contributed by atoms with Crippen LogP contribution in [0, 0.1) is 6.57 Å². The second-order valence-electron chi connectivity index (χ2n) is 2.33. The first kappa shape index (κ1) is 8.49. The van der Waals surface area contributed by atoms with Crippen molar-refractivity contribution < 1.29 is 0 Å². The van der Waals surface area contributed by atoms with Gasteiger partial charge in [0, 0.05) is 12.8 Å². The highest BCUT2D eigenvalue weighted by atomic mass is 14.7. The van der Waals surface area contributed by atoms with E-state index in [0.29, 0.717) is 6.04 Å². The topological polar surface area (TPSA) is 4.36 Å². The fraction of sp³-hybridized carbons (Fsp3) is 0.875. The van der Waals surface area contributed by atoms with Crippen LogP contribution in [0.4, 0.5) is 0 Å². The van der Waals surface area contributed by atoms with E-state index in [1.165, 1.54) is 12.8 Å². The molecule has 9 heavy (non-hydrogen) atoms. The van der Waals surface area contributed by atoms with Gasteiger partial charge in [0.1, 0.15) is 0 Å². The third-order valence-electron chi connectivity index (χ3n) is 1.54. The van der Waals surface area contributed by atoms with E-state index in [-0.39, 0.29) is 0 Å². The molecule has 0 aliphatic heterocycles. The molecule has 1 unspecified atom stereocenters. The van der Waals surface area contributed by atoms with Crippen molar-refractivity contribution in [3.05, 3.63) is 11.4 Å². The second-order valence-corrected chi connectivity index (χ2v) is 2.33. The van der Waals surface area contributed by atoms with Gasteiger partial charge in [-0.05, 0) is 6.42 Å². The van der Waals surface area contributed by atoms with Gasteiger partial charge in [-0.15, -0.1) is 0 Å². The van der Waals surface area contributed by atoms with Crippen LogP contribution in [-0.2, 0) is 0 Å². The summed E-state index contributed by atoms with van der Waals surface area (Å²) in [5.41, 5.74) is 0. The number of rotatable bonds is 4. The van der Waals surface area contributed by atoms with E-state index in [1.54, 1.807) is 0 Å². The van der Waals surface area contributed by atoms with Crippen molar-refractivity contribution in [3.63, 3.8) is 0 Å².